The van der Waals surface area contributed by atoms with E-state index in [4.69, 9.17) is 32.7 Å². The molecule has 0 spiro atoms. The van der Waals surface area contributed by atoms with Crippen LogP contribution in [0.25, 0.3) is 10.9 Å². The van der Waals surface area contributed by atoms with Gasteiger partial charge in [-0.3, -0.25) is 10.1 Å². The average Bonchev–Trinajstić information content (AvgIpc) is 3.22. The van der Waals surface area contributed by atoms with Gasteiger partial charge in [0.15, 0.2) is 11.5 Å². The van der Waals surface area contributed by atoms with Crippen molar-refractivity contribution in [3.63, 3.8) is 0 Å². The Morgan fingerprint density at radius 1 is 1.12 bits per heavy atom. The number of halogens is 3. The molecule has 4 rings (SSSR count). The Hall–Kier alpha value is -2.74. The van der Waals surface area contributed by atoms with Gasteiger partial charge in [0.2, 0.25) is 6.54 Å². The lowest BCUT2D eigenvalue weighted by molar-refractivity contribution is -0.481. The molecule has 0 bridgehead atoms. The molecule has 0 saturated heterocycles. The summed E-state index contributed by atoms with van der Waals surface area (Å²) in [6.07, 6.45) is 1.83. The number of nitrogens with one attached hydrogen (secondary N) is 1. The Morgan fingerprint density at radius 3 is 2.64 bits per heavy atom. The van der Waals surface area contributed by atoms with Gasteiger partial charge in [0.25, 0.3) is 0 Å². The summed E-state index contributed by atoms with van der Waals surface area (Å²) in [6, 6.07) is 16.6. The summed E-state index contributed by atoms with van der Waals surface area (Å²) in [4.78, 5) is 14.4. The van der Waals surface area contributed by atoms with Crippen molar-refractivity contribution in [3.05, 3.63) is 102 Å². The topological polar surface area (TPSA) is 77.4 Å². The third-order valence-electron chi connectivity index (χ3n) is 5.35. The second-order valence-corrected chi connectivity index (χ2v) is 9.10. The van der Waals surface area contributed by atoms with Crippen LogP contribution in [0.5, 0.6) is 11.5 Å². The molecule has 1 N–H and O–H groups in total. The molecule has 0 aliphatic heterocycles. The predicted molar refractivity (Wildman–Crippen MR) is 133 cm³/mol. The lowest BCUT2D eigenvalue weighted by Crippen LogP contribution is -2.14. The van der Waals surface area contributed by atoms with Crippen LogP contribution in [0.1, 0.15) is 22.6 Å². The van der Waals surface area contributed by atoms with Gasteiger partial charge in [-0.15, -0.1) is 0 Å². The summed E-state index contributed by atoms with van der Waals surface area (Å²) in [5.74, 6) is 0.476. The fourth-order valence-electron chi connectivity index (χ4n) is 3.78. The normalized spacial score (nSPS) is 12.0. The number of benzene rings is 3. The summed E-state index contributed by atoms with van der Waals surface area (Å²) < 4.78 is 12.2. The highest BCUT2D eigenvalue weighted by Crippen LogP contribution is 2.41. The van der Waals surface area contributed by atoms with Crippen LogP contribution in [0.2, 0.25) is 10.0 Å². The Kier molecular flexibility index (Phi) is 7.12. The number of nitro groups is 1. The van der Waals surface area contributed by atoms with Crippen molar-refractivity contribution in [1.82, 2.24) is 4.98 Å². The van der Waals surface area contributed by atoms with Crippen molar-refractivity contribution in [2.24, 2.45) is 0 Å². The largest absolute Gasteiger partial charge is 0.493 e. The molecule has 0 amide bonds. The number of hydrogen-bond acceptors (Lipinski definition) is 4. The molecule has 0 radical (unpaired) electrons. The van der Waals surface area contributed by atoms with Gasteiger partial charge in [-0.25, -0.2) is 0 Å². The molecular formula is C24H19BrCl2N2O4. The molecule has 1 heterocycles. The van der Waals surface area contributed by atoms with E-state index in [-0.39, 0.29) is 18.1 Å². The highest BCUT2D eigenvalue weighted by atomic mass is 79.9. The van der Waals surface area contributed by atoms with Crippen LogP contribution in [0.3, 0.4) is 0 Å². The number of methoxy groups -OCH3 is 1. The molecule has 0 fully saturated rings. The van der Waals surface area contributed by atoms with E-state index in [9.17, 15) is 10.1 Å². The summed E-state index contributed by atoms with van der Waals surface area (Å²) in [7, 11) is 1.53. The average molecular weight is 550 g/mol. The number of hydrogen-bond donors (Lipinski definition) is 1. The quantitative estimate of drug-likeness (QED) is 0.186. The summed E-state index contributed by atoms with van der Waals surface area (Å²) >= 11 is 15.6. The van der Waals surface area contributed by atoms with Gasteiger partial charge in [-0.1, -0.05) is 47.5 Å². The first-order chi connectivity index (χ1) is 15.9. The molecule has 6 nitrogen and oxygen atoms in total. The van der Waals surface area contributed by atoms with Gasteiger partial charge in [0.05, 0.1) is 27.5 Å². The van der Waals surface area contributed by atoms with E-state index < -0.39 is 5.92 Å². The van der Waals surface area contributed by atoms with Gasteiger partial charge in [0.1, 0.15) is 6.61 Å². The first kappa shape index (κ1) is 23.4. The van der Waals surface area contributed by atoms with Crippen molar-refractivity contribution < 1.29 is 14.4 Å². The number of H-pyrrole nitrogens is 1. The minimum absolute atomic E-state index is 0.242. The molecule has 0 aliphatic rings. The van der Waals surface area contributed by atoms with Crippen molar-refractivity contribution in [2.75, 3.05) is 13.7 Å². The van der Waals surface area contributed by atoms with Gasteiger partial charge >= 0.3 is 0 Å². The molecule has 33 heavy (non-hydrogen) atoms. The number of ether oxygens (including phenoxy) is 2. The van der Waals surface area contributed by atoms with Gasteiger partial charge in [0, 0.05) is 22.0 Å². The number of fused-ring (bicyclic) bond motifs is 1. The molecule has 9 heteroatoms. The number of para-hydroxylation sites is 1. The van der Waals surface area contributed by atoms with Crippen LogP contribution in [-0.4, -0.2) is 23.6 Å². The summed E-state index contributed by atoms with van der Waals surface area (Å²) in [6.45, 7) is -0.0209. The fourth-order valence-corrected chi connectivity index (χ4v) is 4.68. The third-order valence-corrected chi connectivity index (χ3v) is 6.68. The summed E-state index contributed by atoms with van der Waals surface area (Å²) in [5, 5.41) is 13.4. The highest BCUT2D eigenvalue weighted by molar-refractivity contribution is 9.10. The summed E-state index contributed by atoms with van der Waals surface area (Å²) in [5.41, 5.74) is 3.35. The van der Waals surface area contributed by atoms with Crippen LogP contribution >= 0.6 is 39.1 Å². The smallest absolute Gasteiger partial charge is 0.214 e. The van der Waals surface area contributed by atoms with Crippen LogP contribution < -0.4 is 9.47 Å². The molecule has 0 aliphatic carbocycles. The van der Waals surface area contributed by atoms with Gasteiger partial charge in [-0.2, -0.15) is 0 Å². The van der Waals surface area contributed by atoms with Crippen molar-refractivity contribution in [1.29, 1.82) is 0 Å². The third kappa shape index (κ3) is 5.11. The van der Waals surface area contributed by atoms with Crippen LogP contribution in [0, 0.1) is 10.1 Å². The van der Waals surface area contributed by atoms with E-state index in [0.717, 1.165) is 27.6 Å². The molecule has 1 aromatic heterocycles. The Labute approximate surface area is 208 Å². The molecule has 1 atom stereocenters. The molecule has 3 aromatic carbocycles. The zero-order chi connectivity index (χ0) is 23.5. The van der Waals surface area contributed by atoms with E-state index in [0.29, 0.717) is 26.0 Å². The predicted octanol–water partition coefficient (Wildman–Crippen LogP) is 7.23. The van der Waals surface area contributed by atoms with Gasteiger partial charge in [-0.05, 0) is 63.0 Å². The lowest BCUT2D eigenvalue weighted by Gasteiger charge is -2.18. The van der Waals surface area contributed by atoms with Gasteiger partial charge < -0.3 is 14.5 Å². The lowest BCUT2D eigenvalue weighted by atomic mass is 9.90. The monoisotopic (exact) mass is 548 g/mol. The number of aromatic nitrogens is 1. The highest BCUT2D eigenvalue weighted by Gasteiger charge is 2.26. The van der Waals surface area contributed by atoms with Crippen LogP contribution in [0.15, 0.2) is 65.3 Å². The first-order valence-corrected chi connectivity index (χ1v) is 11.5. The Morgan fingerprint density at radius 2 is 1.91 bits per heavy atom. The Bertz CT molecular complexity index is 1330. The van der Waals surface area contributed by atoms with Crippen LogP contribution in [-0.2, 0) is 6.61 Å². The molecule has 170 valence electrons. The van der Waals surface area contributed by atoms with E-state index >= 15 is 0 Å². The zero-order valence-electron chi connectivity index (χ0n) is 17.5. The maximum atomic E-state index is 11.5. The SMILES string of the molecule is COc1cc([C@@H](C[N+](=O)[O-])c2c[nH]c3ccccc23)cc(Br)c1OCc1ccc(Cl)c(Cl)c1. The molecule has 0 unspecified atom stereocenters. The first-order valence-electron chi connectivity index (χ1n) is 9.99. The van der Waals surface area contributed by atoms with E-state index in [1.54, 1.807) is 18.2 Å². The maximum absolute atomic E-state index is 11.5. The zero-order valence-corrected chi connectivity index (χ0v) is 20.6. The fraction of sp³-hybridized carbons (Fsp3) is 0.167. The standard InChI is InChI=1S/C24H19BrCl2N2O4/c1-32-23-10-15(9-19(25)24(23)33-13-14-6-7-20(26)21(27)8-14)18(12-29(30)31)17-11-28-22-5-3-2-4-16(17)22/h2-11,18,28H,12-13H2,1H3/t18-/m1/s1. The van der Waals surface area contributed by atoms with Crippen LogP contribution in [0.4, 0.5) is 0 Å². The van der Waals surface area contributed by atoms with Crippen molar-refractivity contribution >= 4 is 50.0 Å². The van der Waals surface area contributed by atoms with E-state index in [1.165, 1.54) is 7.11 Å². The number of rotatable bonds is 8. The van der Waals surface area contributed by atoms with E-state index in [1.807, 2.05) is 42.6 Å². The second kappa shape index (κ2) is 10.0. The Balaban J connectivity index is 1.69. The van der Waals surface area contributed by atoms with Crippen molar-refractivity contribution in [3.8, 4) is 11.5 Å². The van der Waals surface area contributed by atoms with E-state index in [2.05, 4.69) is 20.9 Å². The molecule has 0 saturated carbocycles. The second-order valence-electron chi connectivity index (χ2n) is 7.43. The maximum Gasteiger partial charge on any atom is 0.214 e. The minimum Gasteiger partial charge on any atom is -0.493 e. The number of aromatic amines is 1. The van der Waals surface area contributed by atoms with Crippen molar-refractivity contribution in [2.45, 2.75) is 12.5 Å². The minimum atomic E-state index is -0.481. The number of nitrogens with zero attached hydrogens (tertiary/aromatic N) is 1. The molecule has 4 aromatic rings. The molecular weight excluding hydrogens is 531 g/mol.